The Morgan fingerprint density at radius 2 is 2.12 bits per heavy atom. The summed E-state index contributed by atoms with van der Waals surface area (Å²) in [4.78, 5) is 25.4. The van der Waals surface area contributed by atoms with Crippen LogP contribution in [0.4, 0.5) is 10.5 Å². The quantitative estimate of drug-likeness (QED) is 0.910. The molecule has 0 aliphatic carbocycles. The molecule has 128 valence electrons. The predicted molar refractivity (Wildman–Crippen MR) is 89.4 cm³/mol. The van der Waals surface area contributed by atoms with Crippen molar-refractivity contribution in [1.29, 1.82) is 0 Å². The highest BCUT2D eigenvalue weighted by Crippen LogP contribution is 2.45. The van der Waals surface area contributed by atoms with Gasteiger partial charge >= 0.3 is 6.03 Å². The van der Waals surface area contributed by atoms with E-state index in [4.69, 9.17) is 4.74 Å². The second kappa shape index (κ2) is 5.24. The summed E-state index contributed by atoms with van der Waals surface area (Å²) in [6, 6.07) is 11.6. The zero-order valence-corrected chi connectivity index (χ0v) is 13.9. The molecule has 2 bridgehead atoms. The maximum atomic E-state index is 12.8. The molecular formula is C19H17N2O4-. The van der Waals surface area contributed by atoms with Crippen LogP contribution in [-0.4, -0.2) is 17.7 Å². The number of ether oxygens (including phenoxy) is 1. The monoisotopic (exact) mass is 337 g/mol. The van der Waals surface area contributed by atoms with Crippen LogP contribution in [0.5, 0.6) is 5.75 Å². The number of hydrogen-bond donors (Lipinski definition) is 1. The van der Waals surface area contributed by atoms with Crippen LogP contribution in [0.3, 0.4) is 0 Å². The minimum atomic E-state index is -1.28. The number of benzene rings is 2. The Labute approximate surface area is 145 Å². The molecule has 0 radical (unpaired) electrons. The average molecular weight is 337 g/mol. The third kappa shape index (κ3) is 2.41. The molecule has 0 saturated carbocycles. The second-order valence-electron chi connectivity index (χ2n) is 6.70. The van der Waals surface area contributed by atoms with E-state index in [0.717, 1.165) is 16.9 Å². The number of carboxylic acids is 1. The molecule has 2 aromatic rings. The van der Waals surface area contributed by atoms with Gasteiger partial charge in [0.15, 0.2) is 5.72 Å². The topological polar surface area (TPSA) is 81.7 Å². The molecule has 6 nitrogen and oxygen atoms in total. The van der Waals surface area contributed by atoms with Crippen LogP contribution < -0.4 is 20.1 Å². The van der Waals surface area contributed by atoms with Crippen molar-refractivity contribution in [3.8, 4) is 5.75 Å². The number of carbonyl (C=O) groups is 2. The molecular weight excluding hydrogens is 320 g/mol. The minimum Gasteiger partial charge on any atom is -0.545 e. The van der Waals surface area contributed by atoms with Crippen molar-refractivity contribution >= 4 is 17.7 Å². The highest BCUT2D eigenvalue weighted by atomic mass is 16.5. The number of hydrogen-bond acceptors (Lipinski definition) is 4. The molecule has 2 atom stereocenters. The van der Waals surface area contributed by atoms with Crippen molar-refractivity contribution in [3.63, 3.8) is 0 Å². The Bertz CT molecular complexity index is 895. The van der Waals surface area contributed by atoms with Crippen molar-refractivity contribution in [2.45, 2.75) is 32.0 Å². The number of carboxylic acid groups (broad SMARTS) is 1. The summed E-state index contributed by atoms with van der Waals surface area (Å²) in [6.07, 6.45) is 0.560. The lowest BCUT2D eigenvalue weighted by atomic mass is 9.89. The van der Waals surface area contributed by atoms with E-state index in [9.17, 15) is 14.7 Å². The highest BCUT2D eigenvalue weighted by Gasteiger charge is 2.49. The van der Waals surface area contributed by atoms with Gasteiger partial charge in [0.2, 0.25) is 0 Å². The van der Waals surface area contributed by atoms with Gasteiger partial charge in [0.1, 0.15) is 5.75 Å². The fraction of sp³-hybridized carbons (Fsp3) is 0.263. The fourth-order valence-electron chi connectivity index (χ4n) is 3.66. The van der Waals surface area contributed by atoms with Gasteiger partial charge in [-0.1, -0.05) is 29.8 Å². The van der Waals surface area contributed by atoms with Crippen LogP contribution in [0, 0.1) is 6.92 Å². The van der Waals surface area contributed by atoms with Crippen LogP contribution in [-0.2, 0) is 0 Å². The highest BCUT2D eigenvalue weighted by molar-refractivity contribution is 5.96. The number of aryl methyl sites for hydroxylation is 1. The van der Waals surface area contributed by atoms with E-state index in [1.807, 2.05) is 32.0 Å². The summed E-state index contributed by atoms with van der Waals surface area (Å²) >= 11 is 0. The molecule has 6 heteroatoms. The largest absolute Gasteiger partial charge is 0.545 e. The number of nitrogens with zero attached hydrogens (tertiary/aromatic N) is 1. The number of urea groups is 1. The number of nitrogens with one attached hydrogen (secondary N) is 1. The molecule has 4 rings (SSSR count). The summed E-state index contributed by atoms with van der Waals surface area (Å²) in [5.41, 5.74) is 1.64. The lowest BCUT2D eigenvalue weighted by Gasteiger charge is -2.50. The molecule has 1 saturated heterocycles. The van der Waals surface area contributed by atoms with E-state index in [2.05, 4.69) is 5.32 Å². The molecule has 2 heterocycles. The molecule has 1 fully saturated rings. The number of carbonyl (C=O) groups excluding carboxylic acids is 2. The second-order valence-corrected chi connectivity index (χ2v) is 6.70. The third-order valence-electron chi connectivity index (χ3n) is 4.77. The predicted octanol–water partition coefficient (Wildman–Crippen LogP) is 2.13. The summed E-state index contributed by atoms with van der Waals surface area (Å²) in [5, 5.41) is 14.1. The maximum Gasteiger partial charge on any atom is 0.325 e. The van der Waals surface area contributed by atoms with Gasteiger partial charge in [0.05, 0.1) is 17.7 Å². The Hall–Kier alpha value is -3.02. The first-order valence-corrected chi connectivity index (χ1v) is 8.09. The number of rotatable bonds is 2. The zero-order chi connectivity index (χ0) is 17.8. The molecule has 2 amide bonds. The Balaban J connectivity index is 1.79. The van der Waals surface area contributed by atoms with Gasteiger partial charge in [-0.05, 0) is 37.6 Å². The normalized spacial score (nSPS) is 24.2. The van der Waals surface area contributed by atoms with Crippen molar-refractivity contribution in [2.75, 3.05) is 4.90 Å². The fourth-order valence-corrected chi connectivity index (χ4v) is 3.66. The van der Waals surface area contributed by atoms with Crippen LogP contribution >= 0.6 is 0 Å². The first-order chi connectivity index (χ1) is 11.9. The van der Waals surface area contributed by atoms with E-state index in [-0.39, 0.29) is 17.6 Å². The van der Waals surface area contributed by atoms with Crippen molar-refractivity contribution in [1.82, 2.24) is 5.32 Å². The molecule has 0 spiro atoms. The summed E-state index contributed by atoms with van der Waals surface area (Å²) in [6.45, 7) is 3.84. The average Bonchev–Trinajstić information content (AvgIpc) is 2.55. The smallest absolute Gasteiger partial charge is 0.325 e. The van der Waals surface area contributed by atoms with Crippen molar-refractivity contribution in [3.05, 3.63) is 59.2 Å². The standard InChI is InChI=1S/C19H18N2O4/c1-11-6-7-16-14(8-11)15-10-19(2,25-16)21(18(24)20-15)13-5-3-4-12(9-13)17(22)23/h3-9,15H,10H2,1-2H3,(H,20,24)(H,22,23)/p-1/t15-,19-/m1/s1. The first-order valence-electron chi connectivity index (χ1n) is 8.09. The molecule has 2 aliphatic rings. The lowest BCUT2D eigenvalue weighted by Crippen LogP contribution is -2.65. The van der Waals surface area contributed by atoms with E-state index in [1.165, 1.54) is 17.0 Å². The molecule has 25 heavy (non-hydrogen) atoms. The molecule has 2 aliphatic heterocycles. The van der Waals surface area contributed by atoms with E-state index in [0.29, 0.717) is 12.1 Å². The van der Waals surface area contributed by atoms with Gasteiger partial charge in [-0.15, -0.1) is 0 Å². The first kappa shape index (κ1) is 15.5. The minimum absolute atomic E-state index is 0.0165. The van der Waals surface area contributed by atoms with Crippen LogP contribution in [0.25, 0.3) is 0 Å². The molecule has 0 aromatic heterocycles. The summed E-state index contributed by atoms with van der Waals surface area (Å²) in [5.74, 6) is -0.557. The third-order valence-corrected chi connectivity index (χ3v) is 4.77. The van der Waals surface area contributed by atoms with Crippen LogP contribution in [0.1, 0.15) is 40.9 Å². The SMILES string of the molecule is Cc1ccc2c(c1)[C@H]1C[C@@](C)(O2)N(c2cccc(C(=O)[O-])c2)C(=O)N1. The summed E-state index contributed by atoms with van der Waals surface area (Å²) in [7, 11) is 0. The number of fused-ring (bicyclic) bond motifs is 4. The van der Waals surface area contributed by atoms with E-state index >= 15 is 0 Å². The van der Waals surface area contributed by atoms with Gasteiger partial charge in [-0.3, -0.25) is 4.90 Å². The number of anilines is 1. The lowest BCUT2D eigenvalue weighted by molar-refractivity contribution is -0.255. The Morgan fingerprint density at radius 1 is 1.32 bits per heavy atom. The summed E-state index contributed by atoms with van der Waals surface area (Å²) < 4.78 is 6.19. The Morgan fingerprint density at radius 3 is 2.88 bits per heavy atom. The van der Waals surface area contributed by atoms with E-state index in [1.54, 1.807) is 12.1 Å². The number of amides is 2. The van der Waals surface area contributed by atoms with E-state index < -0.39 is 11.7 Å². The maximum absolute atomic E-state index is 12.8. The van der Waals surface area contributed by atoms with Gasteiger partial charge in [-0.25, -0.2) is 4.79 Å². The number of aromatic carboxylic acids is 1. The molecule has 2 aromatic carbocycles. The van der Waals surface area contributed by atoms with Crippen molar-refractivity contribution in [2.24, 2.45) is 0 Å². The van der Waals surface area contributed by atoms with Crippen molar-refractivity contribution < 1.29 is 19.4 Å². The molecule has 1 N–H and O–H groups in total. The van der Waals surface area contributed by atoms with Crippen LogP contribution in [0.15, 0.2) is 42.5 Å². The van der Waals surface area contributed by atoms with Crippen LogP contribution in [0.2, 0.25) is 0 Å². The van der Waals surface area contributed by atoms with Gasteiger partial charge < -0.3 is 20.0 Å². The molecule has 0 unspecified atom stereocenters. The Kier molecular flexibility index (Phi) is 3.25. The van der Waals surface area contributed by atoms with Gasteiger partial charge in [-0.2, -0.15) is 0 Å². The zero-order valence-electron chi connectivity index (χ0n) is 13.9. The van der Waals surface area contributed by atoms with Gasteiger partial charge in [0, 0.05) is 12.0 Å². The van der Waals surface area contributed by atoms with Gasteiger partial charge in [0.25, 0.3) is 0 Å².